The molecule has 1 heterocycles. The van der Waals surface area contributed by atoms with E-state index in [4.69, 9.17) is 5.73 Å². The molecule has 2 aliphatic carbocycles. The summed E-state index contributed by atoms with van der Waals surface area (Å²) in [7, 11) is 0. The van der Waals surface area contributed by atoms with Gasteiger partial charge in [0.2, 0.25) is 0 Å². The quantitative estimate of drug-likeness (QED) is 0.713. The third kappa shape index (κ3) is 3.86. The highest BCUT2D eigenvalue weighted by molar-refractivity contribution is 5.99. The molecule has 4 rings (SSSR count). The number of anilines is 1. The van der Waals surface area contributed by atoms with Crippen LogP contribution >= 0.6 is 0 Å². The number of amides is 1. The lowest BCUT2D eigenvalue weighted by Crippen LogP contribution is -2.29. The van der Waals surface area contributed by atoms with Gasteiger partial charge in [-0.2, -0.15) is 5.10 Å². The first kappa shape index (κ1) is 20.6. The van der Waals surface area contributed by atoms with Gasteiger partial charge in [0.15, 0.2) is 0 Å². The van der Waals surface area contributed by atoms with Gasteiger partial charge in [-0.05, 0) is 50.5 Å². The van der Waals surface area contributed by atoms with Crippen molar-refractivity contribution in [2.45, 2.75) is 65.0 Å². The van der Waals surface area contributed by atoms with Crippen molar-refractivity contribution in [3.63, 3.8) is 0 Å². The fraction of sp³-hybridized carbons (Fsp3) is 0.478. The van der Waals surface area contributed by atoms with E-state index in [0.717, 1.165) is 36.2 Å². The van der Waals surface area contributed by atoms with E-state index in [9.17, 15) is 9.90 Å². The van der Waals surface area contributed by atoms with Crippen LogP contribution in [-0.2, 0) is 6.42 Å². The highest BCUT2D eigenvalue weighted by atomic mass is 19.1. The minimum absolute atomic E-state index is 0.0209. The summed E-state index contributed by atoms with van der Waals surface area (Å²) < 4.78 is 16.8. The van der Waals surface area contributed by atoms with Crippen molar-refractivity contribution in [2.24, 2.45) is 11.1 Å². The van der Waals surface area contributed by atoms with Gasteiger partial charge in [-0.1, -0.05) is 26.0 Å². The number of hydrogen-bond donors (Lipinski definition) is 3. The maximum atomic E-state index is 15.0. The molecule has 1 fully saturated rings. The third-order valence-electron chi connectivity index (χ3n) is 6.15. The Balaban J connectivity index is 1.77. The van der Waals surface area contributed by atoms with E-state index in [-0.39, 0.29) is 23.1 Å². The highest BCUT2D eigenvalue weighted by Gasteiger charge is 2.28. The molecule has 7 heteroatoms. The Bertz CT molecular complexity index is 1020. The van der Waals surface area contributed by atoms with Crippen LogP contribution in [0, 0.1) is 18.2 Å². The number of halogens is 1. The summed E-state index contributed by atoms with van der Waals surface area (Å²) in [6.45, 7) is 6.25. The fourth-order valence-electron chi connectivity index (χ4n) is 4.51. The smallest absolute Gasteiger partial charge is 0.253 e. The molecule has 0 saturated heterocycles. The van der Waals surface area contributed by atoms with E-state index in [2.05, 4.69) is 36.4 Å². The molecular weight excluding hydrogens is 383 g/mol. The number of nitrogens with zero attached hydrogens (tertiary/aromatic N) is 2. The number of carbonyl (C=O) groups excluding carboxylic acids is 1. The number of allylic oxidation sites excluding steroid dienone is 1. The number of rotatable bonds is 4. The maximum Gasteiger partial charge on any atom is 0.253 e. The predicted octanol–water partition coefficient (Wildman–Crippen LogP) is 3.73. The number of benzene rings is 1. The van der Waals surface area contributed by atoms with Gasteiger partial charge in [0.25, 0.3) is 5.91 Å². The van der Waals surface area contributed by atoms with Crippen molar-refractivity contribution >= 4 is 17.7 Å². The van der Waals surface area contributed by atoms with Gasteiger partial charge in [-0.25, -0.2) is 9.07 Å². The standard InChI is InChI=1S/C23H29FN4O2/c1-13-17-8-9-23(2,3)12-20(17)28(27-13)15-10-18(24)21(22(25)30)19(11-15)26-14-4-6-16(29)7-5-14/h8-11,14,16,26,29H,4-7,12H2,1-3H3,(H2,25,30). The molecule has 0 radical (unpaired) electrons. The molecule has 0 atom stereocenters. The van der Waals surface area contributed by atoms with Crippen LogP contribution in [0.1, 0.15) is 66.8 Å². The summed E-state index contributed by atoms with van der Waals surface area (Å²) in [5.41, 5.74) is 9.24. The van der Waals surface area contributed by atoms with Crippen molar-refractivity contribution in [3.05, 3.63) is 46.5 Å². The average molecular weight is 413 g/mol. The van der Waals surface area contributed by atoms with Crippen molar-refractivity contribution in [1.29, 1.82) is 0 Å². The van der Waals surface area contributed by atoms with Crippen LogP contribution in [0.25, 0.3) is 11.8 Å². The van der Waals surface area contributed by atoms with Crippen LogP contribution in [0.5, 0.6) is 0 Å². The van der Waals surface area contributed by atoms with Gasteiger partial charge >= 0.3 is 0 Å². The number of nitrogens with two attached hydrogens (primary N) is 1. The normalized spacial score (nSPS) is 22.6. The number of aliphatic hydroxyl groups is 1. The number of aromatic nitrogens is 2. The van der Waals surface area contributed by atoms with E-state index >= 15 is 4.39 Å². The van der Waals surface area contributed by atoms with Gasteiger partial charge in [0, 0.05) is 17.7 Å². The molecule has 1 aromatic carbocycles. The summed E-state index contributed by atoms with van der Waals surface area (Å²) >= 11 is 0. The zero-order valence-electron chi connectivity index (χ0n) is 17.7. The van der Waals surface area contributed by atoms with Crippen LogP contribution in [0.4, 0.5) is 10.1 Å². The van der Waals surface area contributed by atoms with E-state index in [1.165, 1.54) is 6.07 Å². The van der Waals surface area contributed by atoms with Crippen molar-refractivity contribution in [3.8, 4) is 5.69 Å². The molecule has 1 saturated carbocycles. The Morgan fingerprint density at radius 1 is 1.30 bits per heavy atom. The second-order valence-corrected chi connectivity index (χ2v) is 9.22. The van der Waals surface area contributed by atoms with Gasteiger partial charge in [0.1, 0.15) is 5.82 Å². The molecule has 0 bridgehead atoms. The van der Waals surface area contributed by atoms with Gasteiger partial charge < -0.3 is 16.2 Å². The Morgan fingerprint density at radius 2 is 2.00 bits per heavy atom. The molecular formula is C23H29FN4O2. The molecule has 0 unspecified atom stereocenters. The first-order chi connectivity index (χ1) is 14.1. The second-order valence-electron chi connectivity index (χ2n) is 9.22. The number of aliphatic hydroxyl groups excluding tert-OH is 1. The van der Waals surface area contributed by atoms with Crippen molar-refractivity contribution in [1.82, 2.24) is 9.78 Å². The molecule has 30 heavy (non-hydrogen) atoms. The Kier molecular flexibility index (Phi) is 5.18. The lowest BCUT2D eigenvalue weighted by Gasteiger charge is -2.28. The summed E-state index contributed by atoms with van der Waals surface area (Å²) in [5.74, 6) is -1.47. The van der Waals surface area contributed by atoms with Crippen LogP contribution in [0.15, 0.2) is 18.2 Å². The van der Waals surface area contributed by atoms with Crippen molar-refractivity contribution in [2.75, 3.05) is 5.32 Å². The van der Waals surface area contributed by atoms with Crippen LogP contribution < -0.4 is 11.1 Å². The molecule has 0 spiro atoms. The molecule has 1 amide bonds. The average Bonchev–Trinajstić information content (AvgIpc) is 2.97. The number of aryl methyl sites for hydroxylation is 1. The van der Waals surface area contributed by atoms with Gasteiger partial charge in [-0.15, -0.1) is 0 Å². The minimum atomic E-state index is -0.805. The summed E-state index contributed by atoms with van der Waals surface area (Å²) in [6.07, 6.45) is 7.60. The summed E-state index contributed by atoms with van der Waals surface area (Å²) in [6, 6.07) is 3.14. The van der Waals surface area contributed by atoms with Crippen LogP contribution in [0.2, 0.25) is 0 Å². The fourth-order valence-corrected chi connectivity index (χ4v) is 4.51. The molecule has 2 aromatic rings. The molecule has 2 aliphatic rings. The molecule has 6 nitrogen and oxygen atoms in total. The van der Waals surface area contributed by atoms with Crippen molar-refractivity contribution < 1.29 is 14.3 Å². The van der Waals surface area contributed by atoms with Gasteiger partial charge in [-0.3, -0.25) is 4.79 Å². The Morgan fingerprint density at radius 3 is 2.67 bits per heavy atom. The van der Waals surface area contributed by atoms with E-state index in [0.29, 0.717) is 24.2 Å². The number of hydrogen-bond acceptors (Lipinski definition) is 4. The lowest BCUT2D eigenvalue weighted by atomic mass is 9.82. The van der Waals surface area contributed by atoms with E-state index in [1.807, 2.05) is 6.92 Å². The lowest BCUT2D eigenvalue weighted by molar-refractivity contribution is 0.0996. The number of carbonyl (C=O) groups is 1. The Labute approximate surface area is 176 Å². The SMILES string of the molecule is Cc1nn(-c2cc(F)c(C(N)=O)c(NC3CCC(O)CC3)c2)c2c1C=CC(C)(C)C2. The molecule has 160 valence electrons. The number of primary amides is 1. The molecule has 4 N–H and O–H groups in total. The highest BCUT2D eigenvalue weighted by Crippen LogP contribution is 2.35. The first-order valence-electron chi connectivity index (χ1n) is 10.5. The molecule has 1 aromatic heterocycles. The topological polar surface area (TPSA) is 93.2 Å². The van der Waals surface area contributed by atoms with Gasteiger partial charge in [0.05, 0.1) is 34.4 Å². The van der Waals surface area contributed by atoms with Crippen LogP contribution in [0.3, 0.4) is 0 Å². The third-order valence-corrected chi connectivity index (χ3v) is 6.15. The largest absolute Gasteiger partial charge is 0.393 e. The summed E-state index contributed by atoms with van der Waals surface area (Å²) in [4.78, 5) is 12.0. The zero-order valence-corrected chi connectivity index (χ0v) is 17.7. The Hall–Kier alpha value is -2.67. The second kappa shape index (κ2) is 7.54. The maximum absolute atomic E-state index is 15.0. The van der Waals surface area contributed by atoms with Crippen LogP contribution in [-0.4, -0.2) is 32.9 Å². The number of nitrogens with one attached hydrogen (secondary N) is 1. The first-order valence-corrected chi connectivity index (χ1v) is 10.5. The zero-order chi connectivity index (χ0) is 21.6. The summed E-state index contributed by atoms with van der Waals surface area (Å²) in [5, 5.41) is 17.7. The number of fused-ring (bicyclic) bond motifs is 1. The predicted molar refractivity (Wildman–Crippen MR) is 115 cm³/mol. The monoisotopic (exact) mass is 412 g/mol. The van der Waals surface area contributed by atoms with E-state index < -0.39 is 11.7 Å². The molecule has 0 aliphatic heterocycles. The minimum Gasteiger partial charge on any atom is -0.393 e. The van der Waals surface area contributed by atoms with E-state index in [1.54, 1.807) is 10.7 Å².